The van der Waals surface area contributed by atoms with Crippen molar-refractivity contribution in [1.29, 1.82) is 5.26 Å². The van der Waals surface area contributed by atoms with Crippen molar-refractivity contribution in [2.45, 2.75) is 32.2 Å². The number of nitrogens with zero attached hydrogens (tertiary/aromatic N) is 2. The van der Waals surface area contributed by atoms with E-state index in [9.17, 15) is 9.59 Å². The van der Waals surface area contributed by atoms with Gasteiger partial charge in [-0.2, -0.15) is 5.26 Å². The number of benzene rings is 1. The maximum absolute atomic E-state index is 12.4. The van der Waals surface area contributed by atoms with Crippen LogP contribution in [-0.4, -0.2) is 10.5 Å². The highest BCUT2D eigenvalue weighted by atomic mass is 16.2. The molecule has 0 fully saturated rings. The van der Waals surface area contributed by atoms with Crippen molar-refractivity contribution in [3.05, 3.63) is 57.4 Å². The molecule has 1 heterocycles. The number of primary amides is 1. The Hall–Kier alpha value is -2.87. The van der Waals surface area contributed by atoms with Crippen molar-refractivity contribution in [2.75, 3.05) is 0 Å². The van der Waals surface area contributed by atoms with Crippen LogP contribution in [0.2, 0.25) is 0 Å². The topological polar surface area (TPSA) is 88.9 Å². The average Bonchev–Trinajstić information content (AvgIpc) is 2.56. The molecule has 1 aliphatic rings. The van der Waals surface area contributed by atoms with Crippen LogP contribution in [0.1, 0.15) is 29.5 Å². The Morgan fingerprint density at radius 2 is 1.91 bits per heavy atom. The minimum atomic E-state index is -0.610. The molecule has 1 aliphatic carbocycles. The van der Waals surface area contributed by atoms with Crippen LogP contribution in [0.25, 0.3) is 11.3 Å². The van der Waals surface area contributed by atoms with E-state index in [2.05, 4.69) is 12.1 Å². The van der Waals surface area contributed by atoms with Gasteiger partial charge in [0, 0.05) is 0 Å². The number of amides is 1. The summed E-state index contributed by atoms with van der Waals surface area (Å²) in [6.45, 7) is -0.235. The van der Waals surface area contributed by atoms with Crippen molar-refractivity contribution in [3.63, 3.8) is 0 Å². The van der Waals surface area contributed by atoms with Gasteiger partial charge in [-0.1, -0.05) is 12.1 Å². The molecular weight excluding hydrogens is 290 g/mol. The molecule has 0 saturated heterocycles. The zero-order chi connectivity index (χ0) is 16.4. The quantitative estimate of drug-likeness (QED) is 0.936. The Bertz CT molecular complexity index is 875. The standard InChI is InChI=1S/C18H17N3O2/c19-10-15-7-8-16(21(18(15)23)11-17(20)22)14-6-5-12-3-1-2-4-13(12)9-14/h5-9H,1-4,11H2,(H2,20,22). The van der Waals surface area contributed by atoms with Gasteiger partial charge in [-0.15, -0.1) is 0 Å². The average molecular weight is 307 g/mol. The lowest BCUT2D eigenvalue weighted by atomic mass is 9.90. The fourth-order valence-electron chi connectivity index (χ4n) is 3.12. The number of nitriles is 1. The summed E-state index contributed by atoms with van der Waals surface area (Å²) in [6.07, 6.45) is 4.48. The van der Waals surface area contributed by atoms with Crippen molar-refractivity contribution in [2.24, 2.45) is 5.73 Å². The molecule has 0 radical (unpaired) electrons. The van der Waals surface area contributed by atoms with E-state index >= 15 is 0 Å². The Labute approximate surface area is 134 Å². The van der Waals surface area contributed by atoms with Crippen molar-refractivity contribution in [3.8, 4) is 17.3 Å². The minimum Gasteiger partial charge on any atom is -0.368 e. The van der Waals surface area contributed by atoms with E-state index in [1.54, 1.807) is 6.07 Å². The molecule has 3 rings (SSSR count). The third-order valence-electron chi connectivity index (χ3n) is 4.25. The molecule has 2 N–H and O–H groups in total. The molecule has 5 nitrogen and oxygen atoms in total. The molecule has 0 atom stereocenters. The van der Waals surface area contributed by atoms with Gasteiger partial charge < -0.3 is 5.73 Å². The molecule has 116 valence electrons. The molecule has 0 saturated carbocycles. The fourth-order valence-corrected chi connectivity index (χ4v) is 3.12. The first-order valence-corrected chi connectivity index (χ1v) is 7.64. The maximum atomic E-state index is 12.4. The van der Waals surface area contributed by atoms with E-state index in [1.165, 1.54) is 28.2 Å². The van der Waals surface area contributed by atoms with Crippen LogP contribution < -0.4 is 11.3 Å². The van der Waals surface area contributed by atoms with Crippen LogP contribution in [0.15, 0.2) is 35.1 Å². The van der Waals surface area contributed by atoms with E-state index in [0.29, 0.717) is 5.69 Å². The number of rotatable bonds is 3. The van der Waals surface area contributed by atoms with Crippen LogP contribution in [0.3, 0.4) is 0 Å². The number of hydrogen-bond donors (Lipinski definition) is 1. The SMILES string of the molecule is N#Cc1ccc(-c2ccc3c(c2)CCCC3)n(CC(N)=O)c1=O. The molecule has 5 heteroatoms. The highest BCUT2D eigenvalue weighted by Crippen LogP contribution is 2.27. The summed E-state index contributed by atoms with van der Waals surface area (Å²) >= 11 is 0. The summed E-state index contributed by atoms with van der Waals surface area (Å²) in [5, 5.41) is 9.02. The second-order valence-corrected chi connectivity index (χ2v) is 5.79. The molecule has 1 aromatic carbocycles. The number of aromatic nitrogens is 1. The predicted molar refractivity (Wildman–Crippen MR) is 86.7 cm³/mol. The number of carbonyl (C=O) groups excluding carboxylic acids is 1. The first-order valence-electron chi connectivity index (χ1n) is 7.64. The summed E-state index contributed by atoms with van der Waals surface area (Å²) < 4.78 is 1.28. The molecular formula is C18H17N3O2. The molecule has 1 amide bonds. The second-order valence-electron chi connectivity index (χ2n) is 5.79. The zero-order valence-corrected chi connectivity index (χ0v) is 12.7. The van der Waals surface area contributed by atoms with Crippen LogP contribution in [0.4, 0.5) is 0 Å². The Morgan fingerprint density at radius 3 is 2.61 bits per heavy atom. The monoisotopic (exact) mass is 307 g/mol. The molecule has 2 aromatic rings. The third kappa shape index (κ3) is 2.88. The Balaban J connectivity index is 2.16. The maximum Gasteiger partial charge on any atom is 0.269 e. The molecule has 0 aliphatic heterocycles. The van der Waals surface area contributed by atoms with E-state index in [0.717, 1.165) is 24.8 Å². The van der Waals surface area contributed by atoms with Crippen molar-refractivity contribution >= 4 is 5.91 Å². The molecule has 0 unspecified atom stereocenters. The number of nitrogens with two attached hydrogens (primary N) is 1. The van der Waals surface area contributed by atoms with Crippen molar-refractivity contribution in [1.82, 2.24) is 4.57 Å². The smallest absolute Gasteiger partial charge is 0.269 e. The van der Waals surface area contributed by atoms with Gasteiger partial charge in [-0.25, -0.2) is 0 Å². The summed E-state index contributed by atoms with van der Waals surface area (Å²) in [7, 11) is 0. The molecule has 0 spiro atoms. The lowest BCUT2D eigenvalue weighted by molar-refractivity contribution is -0.118. The van der Waals surface area contributed by atoms with E-state index in [4.69, 9.17) is 11.0 Å². The molecule has 0 bridgehead atoms. The zero-order valence-electron chi connectivity index (χ0n) is 12.7. The lowest BCUT2D eigenvalue weighted by Gasteiger charge is -2.18. The first kappa shape index (κ1) is 15.0. The molecule has 1 aromatic heterocycles. The van der Waals surface area contributed by atoms with E-state index in [1.807, 2.05) is 12.1 Å². The van der Waals surface area contributed by atoms with Crippen LogP contribution in [0, 0.1) is 11.3 Å². The largest absolute Gasteiger partial charge is 0.368 e. The number of hydrogen-bond acceptors (Lipinski definition) is 3. The number of pyridine rings is 1. The second kappa shape index (κ2) is 6.09. The van der Waals surface area contributed by atoms with Gasteiger partial charge in [0.05, 0.1) is 5.69 Å². The van der Waals surface area contributed by atoms with Gasteiger partial charge in [0.15, 0.2) is 0 Å². The number of fused-ring (bicyclic) bond motifs is 1. The normalized spacial score (nSPS) is 13.2. The van der Waals surface area contributed by atoms with Gasteiger partial charge in [0.25, 0.3) is 5.56 Å². The fraction of sp³-hybridized carbons (Fsp3) is 0.278. The highest BCUT2D eigenvalue weighted by molar-refractivity contribution is 5.75. The summed E-state index contributed by atoms with van der Waals surface area (Å²) in [4.78, 5) is 23.7. The summed E-state index contributed by atoms with van der Waals surface area (Å²) in [5.74, 6) is -0.610. The van der Waals surface area contributed by atoms with Crippen LogP contribution >= 0.6 is 0 Å². The van der Waals surface area contributed by atoms with E-state index in [-0.39, 0.29) is 12.1 Å². The predicted octanol–water partition coefficient (Wildman–Crippen LogP) is 1.75. The number of aryl methyl sites for hydroxylation is 2. The van der Waals surface area contributed by atoms with Crippen molar-refractivity contribution < 1.29 is 4.79 Å². The number of carbonyl (C=O) groups is 1. The Kier molecular flexibility index (Phi) is 3.98. The Morgan fingerprint density at radius 1 is 1.17 bits per heavy atom. The van der Waals surface area contributed by atoms with Crippen LogP contribution in [0.5, 0.6) is 0 Å². The third-order valence-corrected chi connectivity index (χ3v) is 4.25. The van der Waals surface area contributed by atoms with Gasteiger partial charge in [-0.3, -0.25) is 14.2 Å². The van der Waals surface area contributed by atoms with Gasteiger partial charge in [-0.05, 0) is 60.6 Å². The minimum absolute atomic E-state index is 0.00737. The van der Waals surface area contributed by atoms with Crippen LogP contribution in [-0.2, 0) is 24.2 Å². The first-order chi connectivity index (χ1) is 11.1. The highest BCUT2D eigenvalue weighted by Gasteiger charge is 2.15. The van der Waals surface area contributed by atoms with Gasteiger partial charge >= 0.3 is 0 Å². The molecule has 23 heavy (non-hydrogen) atoms. The van der Waals surface area contributed by atoms with E-state index < -0.39 is 11.5 Å². The summed E-state index contributed by atoms with van der Waals surface area (Å²) in [5.41, 5.74) is 8.90. The van der Waals surface area contributed by atoms with Gasteiger partial charge in [0.2, 0.25) is 5.91 Å². The lowest BCUT2D eigenvalue weighted by Crippen LogP contribution is -2.30. The summed E-state index contributed by atoms with van der Waals surface area (Å²) in [6, 6.07) is 11.2. The van der Waals surface area contributed by atoms with Gasteiger partial charge in [0.1, 0.15) is 18.2 Å².